The average molecular weight is 629 g/mol. The van der Waals surface area contributed by atoms with Gasteiger partial charge in [0.1, 0.15) is 18.0 Å². The number of nitrogens with two attached hydrogens (primary N) is 2. The lowest BCUT2D eigenvalue weighted by molar-refractivity contribution is -0.136. The molecule has 4 rings (SSSR count). The number of aliphatic hydroxyl groups is 1. The van der Waals surface area contributed by atoms with E-state index in [1.165, 1.54) is 0 Å². The molecule has 46 heavy (non-hydrogen) atoms. The first-order valence-electron chi connectivity index (χ1n) is 16.1. The maximum absolute atomic E-state index is 14.5. The van der Waals surface area contributed by atoms with E-state index >= 15 is 0 Å². The molecule has 2 amide bonds. The normalized spacial score (nSPS) is 16.3. The van der Waals surface area contributed by atoms with E-state index in [-0.39, 0.29) is 30.8 Å². The third-order valence-electron chi connectivity index (χ3n) is 8.91. The molecule has 0 aromatic heterocycles. The number of ketones is 2. The number of amides is 2. The number of aryl methyl sites for hydroxylation is 2. The minimum Gasteiger partial charge on any atom is -0.485 e. The fourth-order valence-electron chi connectivity index (χ4n) is 6.59. The number of carbonyl (C=O) groups is 3. The lowest BCUT2D eigenvalue weighted by atomic mass is 9.75. The SMILES string of the molecule is Cc1cccc(C)c1OCC(=O)[C@H]([C@@H](O)C[C@H](Cc1ccccc1)C(=O)C(C(C)C)N1CCCNC1=O)C(N)(N)c1ccccc1. The fraction of sp³-hybridized carbons (Fsp3) is 0.432. The van der Waals surface area contributed by atoms with Gasteiger partial charge in [0, 0.05) is 19.0 Å². The van der Waals surface area contributed by atoms with Crippen LogP contribution in [0, 0.1) is 31.6 Å². The minimum atomic E-state index is -1.77. The summed E-state index contributed by atoms with van der Waals surface area (Å²) in [6, 6.07) is 23.0. The summed E-state index contributed by atoms with van der Waals surface area (Å²) < 4.78 is 6.01. The second-order valence-corrected chi connectivity index (χ2v) is 12.8. The summed E-state index contributed by atoms with van der Waals surface area (Å²) in [5.41, 5.74) is 14.8. The number of aliphatic hydroxyl groups excluding tert-OH is 1. The van der Waals surface area contributed by atoms with Crippen LogP contribution in [0.25, 0.3) is 0 Å². The zero-order valence-electron chi connectivity index (χ0n) is 27.3. The van der Waals surface area contributed by atoms with E-state index < -0.39 is 35.4 Å². The van der Waals surface area contributed by atoms with E-state index in [1.54, 1.807) is 29.2 Å². The molecule has 4 atom stereocenters. The lowest BCUT2D eigenvalue weighted by Gasteiger charge is -2.40. The zero-order chi connectivity index (χ0) is 33.4. The number of urea groups is 1. The van der Waals surface area contributed by atoms with Crippen LogP contribution in [-0.4, -0.2) is 59.4 Å². The van der Waals surface area contributed by atoms with Gasteiger partial charge >= 0.3 is 6.03 Å². The molecule has 1 fully saturated rings. The highest BCUT2D eigenvalue weighted by molar-refractivity contribution is 5.91. The number of carbonyl (C=O) groups excluding carboxylic acids is 3. The first-order chi connectivity index (χ1) is 21.9. The number of benzene rings is 3. The third kappa shape index (κ3) is 8.20. The summed E-state index contributed by atoms with van der Waals surface area (Å²) in [5.74, 6) is -2.29. The van der Waals surface area contributed by atoms with Crippen molar-refractivity contribution in [2.75, 3.05) is 19.7 Å². The quantitative estimate of drug-likeness (QED) is 0.184. The van der Waals surface area contributed by atoms with E-state index in [9.17, 15) is 19.5 Å². The molecule has 1 aliphatic heterocycles. The Hall–Kier alpha value is -4.05. The van der Waals surface area contributed by atoms with Gasteiger partial charge in [-0.15, -0.1) is 0 Å². The monoisotopic (exact) mass is 628 g/mol. The summed E-state index contributed by atoms with van der Waals surface area (Å²) in [7, 11) is 0. The smallest absolute Gasteiger partial charge is 0.318 e. The molecule has 1 saturated heterocycles. The van der Waals surface area contributed by atoms with Crippen molar-refractivity contribution in [2.45, 2.75) is 64.8 Å². The number of nitrogens with one attached hydrogen (secondary N) is 1. The van der Waals surface area contributed by atoms with Gasteiger partial charge in [-0.05, 0) is 61.3 Å². The molecule has 1 heterocycles. The Labute approximate surface area is 272 Å². The van der Waals surface area contributed by atoms with E-state index in [0.717, 1.165) is 23.1 Å². The van der Waals surface area contributed by atoms with E-state index in [1.807, 2.05) is 82.3 Å². The van der Waals surface area contributed by atoms with E-state index in [2.05, 4.69) is 5.32 Å². The van der Waals surface area contributed by atoms with Gasteiger partial charge in [-0.25, -0.2) is 4.79 Å². The van der Waals surface area contributed by atoms with Crippen LogP contribution in [0.4, 0.5) is 4.79 Å². The first-order valence-corrected chi connectivity index (χ1v) is 16.1. The average Bonchev–Trinajstić information content (AvgIpc) is 3.02. The summed E-state index contributed by atoms with van der Waals surface area (Å²) in [4.78, 5) is 43.0. The summed E-state index contributed by atoms with van der Waals surface area (Å²) in [6.45, 7) is 8.27. The van der Waals surface area contributed by atoms with Crippen LogP contribution in [0.2, 0.25) is 0 Å². The predicted octanol–water partition coefficient (Wildman–Crippen LogP) is 4.26. The molecule has 9 heteroatoms. The van der Waals surface area contributed by atoms with Crippen molar-refractivity contribution in [3.63, 3.8) is 0 Å². The Morgan fingerprint density at radius 3 is 2.15 bits per heavy atom. The van der Waals surface area contributed by atoms with Gasteiger partial charge in [0.2, 0.25) is 0 Å². The van der Waals surface area contributed by atoms with Crippen molar-refractivity contribution in [3.8, 4) is 5.75 Å². The highest BCUT2D eigenvalue weighted by Crippen LogP contribution is 2.32. The number of Topliss-reactive ketones (excluding diaryl/α,β-unsaturated/α-hetero) is 2. The van der Waals surface area contributed by atoms with Crippen LogP contribution in [0.5, 0.6) is 5.75 Å². The number of hydrogen-bond acceptors (Lipinski definition) is 7. The number of rotatable bonds is 15. The molecule has 3 aromatic carbocycles. The molecule has 9 nitrogen and oxygen atoms in total. The Morgan fingerprint density at radius 2 is 1.57 bits per heavy atom. The van der Waals surface area contributed by atoms with Crippen LogP contribution < -0.4 is 21.5 Å². The summed E-state index contributed by atoms with van der Waals surface area (Å²) >= 11 is 0. The van der Waals surface area contributed by atoms with Crippen LogP contribution in [-0.2, 0) is 21.7 Å². The highest BCUT2D eigenvalue weighted by Gasteiger charge is 2.45. The van der Waals surface area contributed by atoms with Gasteiger partial charge in [0.15, 0.2) is 11.6 Å². The van der Waals surface area contributed by atoms with Gasteiger partial charge < -0.3 is 31.5 Å². The summed E-state index contributed by atoms with van der Waals surface area (Å²) in [6.07, 6.45) is -0.451. The maximum atomic E-state index is 14.5. The second-order valence-electron chi connectivity index (χ2n) is 12.8. The molecular formula is C37H48N4O5. The number of hydrogen-bond donors (Lipinski definition) is 4. The van der Waals surface area contributed by atoms with E-state index in [0.29, 0.717) is 30.8 Å². The Kier molecular flexibility index (Phi) is 11.7. The molecular weight excluding hydrogens is 580 g/mol. The molecule has 0 aliphatic carbocycles. The molecule has 3 aromatic rings. The molecule has 0 radical (unpaired) electrons. The zero-order valence-corrected chi connectivity index (χ0v) is 27.3. The molecule has 246 valence electrons. The van der Waals surface area contributed by atoms with Gasteiger partial charge in [-0.1, -0.05) is 92.7 Å². The van der Waals surface area contributed by atoms with Gasteiger partial charge in [0.05, 0.1) is 18.1 Å². The van der Waals surface area contributed by atoms with Crippen LogP contribution in [0.15, 0.2) is 78.9 Å². The molecule has 6 N–H and O–H groups in total. The van der Waals surface area contributed by atoms with E-state index in [4.69, 9.17) is 16.2 Å². The van der Waals surface area contributed by atoms with Crippen molar-refractivity contribution >= 4 is 17.6 Å². The summed E-state index contributed by atoms with van der Waals surface area (Å²) in [5, 5.41) is 14.8. The van der Waals surface area contributed by atoms with Crippen molar-refractivity contribution in [2.24, 2.45) is 29.2 Å². The highest BCUT2D eigenvalue weighted by atomic mass is 16.5. The minimum absolute atomic E-state index is 0.0881. The van der Waals surface area contributed by atoms with Crippen molar-refractivity contribution in [1.29, 1.82) is 0 Å². The topological polar surface area (TPSA) is 148 Å². The number of para-hydroxylation sites is 1. The molecule has 1 unspecified atom stereocenters. The van der Waals surface area contributed by atoms with Crippen molar-refractivity contribution < 1.29 is 24.2 Å². The number of nitrogens with zero attached hydrogens (tertiary/aromatic N) is 1. The first kappa shape index (κ1) is 34.8. The molecule has 0 saturated carbocycles. The largest absolute Gasteiger partial charge is 0.485 e. The standard InChI is InChI=1S/C37H48N4O5/c1-24(2)33(41-20-12-19-40-36(41)45)34(44)28(21-27-15-7-5-8-16-27)22-30(42)32(37(38,39)29-17-9-6-10-18-29)31(43)23-46-35-25(3)13-11-14-26(35)4/h5-11,13-18,24,28,30,32-33,42H,12,19-23,38-39H2,1-4H3,(H,40,45)/t28-,30-,32-,33?/m0/s1. The molecule has 1 aliphatic rings. The lowest BCUT2D eigenvalue weighted by Crippen LogP contribution is -2.60. The van der Waals surface area contributed by atoms with Crippen molar-refractivity contribution in [1.82, 2.24) is 10.2 Å². The number of ether oxygens (including phenoxy) is 1. The second kappa shape index (κ2) is 15.5. The third-order valence-corrected chi connectivity index (χ3v) is 8.91. The Bertz CT molecular complexity index is 1460. The van der Waals surface area contributed by atoms with Crippen molar-refractivity contribution in [3.05, 3.63) is 101 Å². The molecule has 0 spiro atoms. The van der Waals surface area contributed by atoms with Crippen LogP contribution >= 0.6 is 0 Å². The van der Waals surface area contributed by atoms with Gasteiger partial charge in [0.25, 0.3) is 0 Å². The Morgan fingerprint density at radius 1 is 0.957 bits per heavy atom. The van der Waals surface area contributed by atoms with Crippen LogP contribution in [0.3, 0.4) is 0 Å². The van der Waals surface area contributed by atoms with Gasteiger partial charge in [-0.2, -0.15) is 0 Å². The van der Waals surface area contributed by atoms with Crippen LogP contribution in [0.1, 0.15) is 48.9 Å². The fourth-order valence-corrected chi connectivity index (χ4v) is 6.59. The van der Waals surface area contributed by atoms with Gasteiger partial charge in [-0.3, -0.25) is 9.59 Å². The predicted molar refractivity (Wildman–Crippen MR) is 179 cm³/mol. The molecule has 0 bridgehead atoms. The Balaban J connectivity index is 1.69. The maximum Gasteiger partial charge on any atom is 0.318 e.